The lowest BCUT2D eigenvalue weighted by Gasteiger charge is -2.13. The first-order valence-corrected chi connectivity index (χ1v) is 8.49. The average Bonchev–Trinajstić information content (AvgIpc) is 2.58. The van der Waals surface area contributed by atoms with Crippen LogP contribution in [0.2, 0.25) is 5.02 Å². The van der Waals surface area contributed by atoms with Crippen molar-refractivity contribution < 1.29 is 4.79 Å². The van der Waals surface area contributed by atoms with Crippen LogP contribution < -0.4 is 16.6 Å². The van der Waals surface area contributed by atoms with Crippen LogP contribution in [0.15, 0.2) is 27.8 Å². The van der Waals surface area contributed by atoms with Crippen molar-refractivity contribution in [3.63, 3.8) is 0 Å². The number of carbonyl (C=O) groups is 1. The van der Waals surface area contributed by atoms with E-state index in [1.165, 1.54) is 0 Å². The van der Waals surface area contributed by atoms with E-state index in [0.29, 0.717) is 17.1 Å². The summed E-state index contributed by atoms with van der Waals surface area (Å²) in [4.78, 5) is 37.4. The molecule has 1 heterocycles. The highest BCUT2D eigenvalue weighted by Crippen LogP contribution is 2.17. The molecule has 0 bridgehead atoms. The topological polar surface area (TPSA) is 86.0 Å². The van der Waals surface area contributed by atoms with E-state index in [1.807, 2.05) is 20.8 Å². The highest BCUT2D eigenvalue weighted by molar-refractivity contribution is 6.31. The number of carbonyl (C=O) groups excluding carboxylic acids is 1. The molecule has 0 saturated carbocycles. The molecule has 0 aliphatic carbocycles. The van der Waals surface area contributed by atoms with Crippen molar-refractivity contribution in [1.82, 2.24) is 19.7 Å². The number of rotatable bonds is 5. The Kier molecular flexibility index (Phi) is 5.79. The largest absolute Gasteiger partial charge is 0.352 e. The molecule has 1 unspecified atom stereocenters. The van der Waals surface area contributed by atoms with Crippen LogP contribution in [0.3, 0.4) is 0 Å². The van der Waals surface area contributed by atoms with Crippen molar-refractivity contribution in [2.75, 3.05) is 0 Å². The highest BCUT2D eigenvalue weighted by Gasteiger charge is 2.20. The molecule has 0 spiro atoms. The van der Waals surface area contributed by atoms with Gasteiger partial charge in [0.05, 0.1) is 5.69 Å². The zero-order valence-corrected chi connectivity index (χ0v) is 15.4. The van der Waals surface area contributed by atoms with Gasteiger partial charge in [0.15, 0.2) is 0 Å². The Morgan fingerprint density at radius 1 is 1.32 bits per heavy atom. The molecular weight excluding hydrogens is 344 g/mol. The van der Waals surface area contributed by atoms with Gasteiger partial charge >= 0.3 is 5.69 Å². The Hall–Kier alpha value is -2.41. The number of halogens is 1. The second-order valence-electron chi connectivity index (χ2n) is 5.81. The first-order chi connectivity index (χ1) is 11.8. The average molecular weight is 365 g/mol. The normalized spacial score (nSPS) is 12.0. The lowest BCUT2D eigenvalue weighted by molar-refractivity contribution is 0.0929. The summed E-state index contributed by atoms with van der Waals surface area (Å²) in [6, 6.07) is 4.87. The van der Waals surface area contributed by atoms with Crippen molar-refractivity contribution in [1.29, 1.82) is 0 Å². The van der Waals surface area contributed by atoms with Gasteiger partial charge in [0.25, 0.3) is 11.5 Å². The van der Waals surface area contributed by atoms with Crippen molar-refractivity contribution in [2.24, 2.45) is 0 Å². The molecule has 1 aromatic carbocycles. The molecule has 0 radical (unpaired) electrons. The molecule has 8 heteroatoms. The van der Waals surface area contributed by atoms with E-state index in [1.54, 1.807) is 25.1 Å². The van der Waals surface area contributed by atoms with Crippen LogP contribution in [-0.4, -0.2) is 26.3 Å². The van der Waals surface area contributed by atoms with Crippen LogP contribution in [0.1, 0.15) is 43.2 Å². The Morgan fingerprint density at radius 2 is 2.00 bits per heavy atom. The summed E-state index contributed by atoms with van der Waals surface area (Å²) in [6.45, 7) is 7.36. The van der Waals surface area contributed by atoms with E-state index in [4.69, 9.17) is 11.6 Å². The van der Waals surface area contributed by atoms with Gasteiger partial charge in [-0.25, -0.2) is 4.79 Å². The van der Waals surface area contributed by atoms with Crippen LogP contribution in [0, 0.1) is 6.92 Å². The van der Waals surface area contributed by atoms with Crippen LogP contribution in [0.5, 0.6) is 0 Å². The standard InChI is InChI=1S/C17H21ClN4O3/c1-5-11(4)19-15(23)14-16(24)21(6-2)17(25)22(20-14)12-8-7-10(3)13(18)9-12/h7-9,11H,5-6H2,1-4H3,(H,19,23). The van der Waals surface area contributed by atoms with Gasteiger partial charge in [0.2, 0.25) is 5.69 Å². The first-order valence-electron chi connectivity index (χ1n) is 8.11. The first kappa shape index (κ1) is 18.9. The highest BCUT2D eigenvalue weighted by atomic mass is 35.5. The van der Waals surface area contributed by atoms with Gasteiger partial charge in [-0.05, 0) is 44.9 Å². The molecule has 2 aromatic rings. The predicted octanol–water partition coefficient (Wildman–Crippen LogP) is 1.90. The maximum absolute atomic E-state index is 12.6. The summed E-state index contributed by atoms with van der Waals surface area (Å²) in [6.07, 6.45) is 0.709. The minimum atomic E-state index is -0.706. The fraction of sp³-hybridized carbons (Fsp3) is 0.412. The van der Waals surface area contributed by atoms with Crippen molar-refractivity contribution in [3.8, 4) is 5.69 Å². The van der Waals surface area contributed by atoms with E-state index in [0.717, 1.165) is 14.8 Å². The van der Waals surface area contributed by atoms with Gasteiger partial charge in [0, 0.05) is 17.6 Å². The van der Waals surface area contributed by atoms with Gasteiger partial charge in [-0.3, -0.25) is 14.2 Å². The second-order valence-corrected chi connectivity index (χ2v) is 6.22. The van der Waals surface area contributed by atoms with Crippen LogP contribution >= 0.6 is 11.6 Å². The number of benzene rings is 1. The fourth-order valence-corrected chi connectivity index (χ4v) is 2.39. The van der Waals surface area contributed by atoms with E-state index in [9.17, 15) is 14.4 Å². The Bertz CT molecular complexity index is 917. The minimum Gasteiger partial charge on any atom is -0.348 e. The third kappa shape index (κ3) is 3.82. The molecule has 0 saturated heterocycles. The van der Waals surface area contributed by atoms with E-state index >= 15 is 0 Å². The maximum Gasteiger partial charge on any atom is 0.352 e. The summed E-state index contributed by atoms with van der Waals surface area (Å²) in [5.41, 5.74) is -0.411. The van der Waals surface area contributed by atoms with E-state index < -0.39 is 17.2 Å². The van der Waals surface area contributed by atoms with Crippen molar-refractivity contribution >= 4 is 17.5 Å². The van der Waals surface area contributed by atoms with Gasteiger partial charge in [0.1, 0.15) is 0 Å². The molecule has 25 heavy (non-hydrogen) atoms. The Balaban J connectivity index is 2.67. The molecular formula is C17H21ClN4O3. The molecule has 7 nitrogen and oxygen atoms in total. The minimum absolute atomic E-state index is 0.113. The predicted molar refractivity (Wildman–Crippen MR) is 96.7 cm³/mol. The number of aromatic nitrogens is 3. The summed E-state index contributed by atoms with van der Waals surface area (Å²) < 4.78 is 2.01. The summed E-state index contributed by atoms with van der Waals surface area (Å²) >= 11 is 6.12. The van der Waals surface area contributed by atoms with Gasteiger partial charge in [-0.1, -0.05) is 24.6 Å². The van der Waals surface area contributed by atoms with Crippen LogP contribution in [0.4, 0.5) is 0 Å². The number of nitrogens with zero attached hydrogens (tertiary/aromatic N) is 3. The number of aryl methyl sites for hydroxylation is 1. The lowest BCUT2D eigenvalue weighted by atomic mass is 10.2. The van der Waals surface area contributed by atoms with Gasteiger partial charge < -0.3 is 5.32 Å². The van der Waals surface area contributed by atoms with Crippen molar-refractivity contribution in [3.05, 3.63) is 55.3 Å². The fourth-order valence-electron chi connectivity index (χ4n) is 2.21. The van der Waals surface area contributed by atoms with E-state index in [-0.39, 0.29) is 18.3 Å². The monoisotopic (exact) mass is 364 g/mol. The zero-order chi connectivity index (χ0) is 18.7. The zero-order valence-electron chi connectivity index (χ0n) is 14.7. The smallest absolute Gasteiger partial charge is 0.348 e. The third-order valence-corrected chi connectivity index (χ3v) is 4.39. The van der Waals surface area contributed by atoms with Crippen molar-refractivity contribution in [2.45, 2.75) is 46.7 Å². The molecule has 0 aliphatic rings. The summed E-state index contributed by atoms with van der Waals surface area (Å²) in [5, 5.41) is 7.17. The second kappa shape index (κ2) is 7.65. The SMILES string of the molecule is CCC(C)NC(=O)c1nn(-c2ccc(C)c(Cl)c2)c(=O)n(CC)c1=O. The summed E-state index contributed by atoms with van der Waals surface area (Å²) in [5.74, 6) is -0.603. The number of nitrogens with one attached hydrogen (secondary N) is 1. The Labute approximate surface area is 150 Å². The third-order valence-electron chi connectivity index (χ3n) is 3.98. The molecule has 1 amide bonds. The van der Waals surface area contributed by atoms with Gasteiger partial charge in [-0.2, -0.15) is 9.78 Å². The molecule has 1 N–H and O–H groups in total. The lowest BCUT2D eigenvalue weighted by Crippen LogP contribution is -2.46. The van der Waals surface area contributed by atoms with Crippen LogP contribution in [0.25, 0.3) is 5.69 Å². The quantitative estimate of drug-likeness (QED) is 0.878. The molecule has 1 atom stereocenters. The number of amides is 1. The molecule has 1 aromatic heterocycles. The number of hydrogen-bond donors (Lipinski definition) is 1. The Morgan fingerprint density at radius 3 is 2.56 bits per heavy atom. The molecule has 0 fully saturated rings. The number of hydrogen-bond acceptors (Lipinski definition) is 4. The van der Waals surface area contributed by atoms with E-state index in [2.05, 4.69) is 10.4 Å². The summed E-state index contributed by atoms with van der Waals surface area (Å²) in [7, 11) is 0. The molecule has 134 valence electrons. The molecule has 2 rings (SSSR count). The maximum atomic E-state index is 12.6. The van der Waals surface area contributed by atoms with Crippen LogP contribution in [-0.2, 0) is 6.54 Å². The van der Waals surface area contributed by atoms with Gasteiger partial charge in [-0.15, -0.1) is 0 Å². The molecule has 0 aliphatic heterocycles.